The Morgan fingerprint density at radius 2 is 1.68 bits per heavy atom. The molecule has 0 atom stereocenters. The van der Waals surface area contributed by atoms with Crippen LogP contribution in [0.4, 0.5) is 0 Å². The van der Waals surface area contributed by atoms with Gasteiger partial charge in [0.2, 0.25) is 5.91 Å². The van der Waals surface area contributed by atoms with Crippen molar-refractivity contribution in [3.63, 3.8) is 0 Å². The van der Waals surface area contributed by atoms with Crippen LogP contribution in [-0.2, 0) is 11.2 Å². The van der Waals surface area contributed by atoms with Gasteiger partial charge in [0, 0.05) is 24.0 Å². The van der Waals surface area contributed by atoms with Crippen LogP contribution in [0.5, 0.6) is 0 Å². The molecule has 3 aromatic carbocycles. The van der Waals surface area contributed by atoms with Crippen molar-refractivity contribution in [2.75, 3.05) is 18.8 Å². The van der Waals surface area contributed by atoms with Crippen LogP contribution >= 0.6 is 11.8 Å². The number of H-pyrrole nitrogens is 1. The summed E-state index contributed by atoms with van der Waals surface area (Å²) in [5.41, 5.74) is 5.05. The Morgan fingerprint density at radius 1 is 0.974 bits per heavy atom. The number of hydrogen-bond donors (Lipinski definition) is 1. The van der Waals surface area contributed by atoms with Crippen molar-refractivity contribution in [1.29, 1.82) is 0 Å². The summed E-state index contributed by atoms with van der Waals surface area (Å²) in [6.07, 6.45) is 3.09. The first-order valence-corrected chi connectivity index (χ1v) is 14.1. The van der Waals surface area contributed by atoms with E-state index in [0.29, 0.717) is 22.1 Å². The molecular weight excluding hydrogens is 492 g/mol. The summed E-state index contributed by atoms with van der Waals surface area (Å²) in [4.78, 5) is 37.1. The van der Waals surface area contributed by atoms with Gasteiger partial charge in [0.15, 0.2) is 5.16 Å². The number of para-hydroxylation sites is 1. The van der Waals surface area contributed by atoms with Crippen LogP contribution in [0.2, 0.25) is 0 Å². The molecule has 1 aliphatic rings. The highest BCUT2D eigenvalue weighted by Gasteiger charge is 2.24. The van der Waals surface area contributed by atoms with Gasteiger partial charge in [0.25, 0.3) is 5.56 Å². The highest BCUT2D eigenvalue weighted by molar-refractivity contribution is 7.99. The van der Waals surface area contributed by atoms with Gasteiger partial charge in [-0.2, -0.15) is 0 Å². The minimum absolute atomic E-state index is 0.0943. The van der Waals surface area contributed by atoms with Crippen molar-refractivity contribution in [2.45, 2.75) is 31.3 Å². The van der Waals surface area contributed by atoms with E-state index in [-0.39, 0.29) is 17.2 Å². The molecule has 192 valence electrons. The minimum Gasteiger partial charge on any atom is -0.349 e. The van der Waals surface area contributed by atoms with Gasteiger partial charge in [-0.25, -0.2) is 4.98 Å². The predicted octanol–water partition coefficient (Wildman–Crippen LogP) is 5.75. The molecule has 0 radical (unpaired) electrons. The smallest absolute Gasteiger partial charge is 0.283 e. The zero-order valence-corrected chi connectivity index (χ0v) is 22.2. The van der Waals surface area contributed by atoms with Gasteiger partial charge >= 0.3 is 0 Å². The minimum atomic E-state index is -0.160. The lowest BCUT2D eigenvalue weighted by Gasteiger charge is -2.32. The molecule has 0 unspecified atom stereocenters. The SMILES string of the molecule is Cc1ccc(-n2c(SCC(=O)N3CCC(Cc4ccccc4)CC3)nc3c([nH]c4ccccc43)c2=O)cc1. The first-order chi connectivity index (χ1) is 18.6. The van der Waals surface area contributed by atoms with E-state index in [9.17, 15) is 9.59 Å². The van der Waals surface area contributed by atoms with Crippen molar-refractivity contribution in [1.82, 2.24) is 19.4 Å². The lowest BCUT2D eigenvalue weighted by molar-refractivity contribution is -0.129. The molecule has 1 N–H and O–H groups in total. The second-order valence-corrected chi connectivity index (χ2v) is 11.0. The van der Waals surface area contributed by atoms with Gasteiger partial charge in [-0.05, 0) is 55.9 Å². The molecule has 7 heteroatoms. The molecule has 0 aliphatic carbocycles. The number of piperidine rings is 1. The van der Waals surface area contributed by atoms with Crippen LogP contribution in [0.25, 0.3) is 27.6 Å². The van der Waals surface area contributed by atoms with E-state index >= 15 is 0 Å². The summed E-state index contributed by atoms with van der Waals surface area (Å²) < 4.78 is 1.63. The summed E-state index contributed by atoms with van der Waals surface area (Å²) >= 11 is 1.34. The summed E-state index contributed by atoms with van der Waals surface area (Å²) in [6, 6.07) is 26.2. The van der Waals surface area contributed by atoms with Gasteiger partial charge in [-0.1, -0.05) is 78.0 Å². The number of likely N-dealkylation sites (tertiary alicyclic amines) is 1. The molecule has 0 spiro atoms. The normalized spacial score (nSPS) is 14.4. The number of aromatic nitrogens is 3. The third kappa shape index (κ3) is 4.86. The van der Waals surface area contributed by atoms with E-state index in [0.717, 1.165) is 54.5 Å². The van der Waals surface area contributed by atoms with Gasteiger partial charge in [0.05, 0.1) is 11.4 Å². The number of amides is 1. The highest BCUT2D eigenvalue weighted by atomic mass is 32.2. The number of carbonyl (C=O) groups excluding carboxylic acids is 1. The molecule has 38 heavy (non-hydrogen) atoms. The van der Waals surface area contributed by atoms with Gasteiger partial charge < -0.3 is 9.88 Å². The van der Waals surface area contributed by atoms with Gasteiger partial charge in [-0.3, -0.25) is 14.2 Å². The number of hydrogen-bond acceptors (Lipinski definition) is 4. The molecule has 1 saturated heterocycles. The number of nitrogens with one attached hydrogen (secondary N) is 1. The monoisotopic (exact) mass is 522 g/mol. The Balaban J connectivity index is 1.23. The van der Waals surface area contributed by atoms with Gasteiger partial charge in [0.1, 0.15) is 11.0 Å². The molecule has 6 nitrogen and oxygen atoms in total. The Kier molecular flexibility index (Phi) is 6.77. The Morgan fingerprint density at radius 3 is 2.45 bits per heavy atom. The zero-order chi connectivity index (χ0) is 26.1. The molecule has 5 aromatic rings. The van der Waals surface area contributed by atoms with Crippen molar-refractivity contribution in [3.05, 3.63) is 100 Å². The van der Waals surface area contributed by atoms with E-state index in [1.807, 2.05) is 66.4 Å². The van der Waals surface area contributed by atoms with E-state index in [4.69, 9.17) is 4.98 Å². The summed E-state index contributed by atoms with van der Waals surface area (Å²) in [7, 11) is 0. The molecule has 3 heterocycles. The maximum Gasteiger partial charge on any atom is 0.283 e. The maximum absolute atomic E-state index is 13.7. The van der Waals surface area contributed by atoms with Crippen LogP contribution < -0.4 is 5.56 Å². The van der Waals surface area contributed by atoms with Gasteiger partial charge in [-0.15, -0.1) is 0 Å². The largest absolute Gasteiger partial charge is 0.349 e. The standard InChI is InChI=1S/C31H30N4O2S/c1-21-11-13-24(14-12-21)35-30(37)29-28(25-9-5-6-10-26(25)32-29)33-31(35)38-20-27(36)34-17-15-23(16-18-34)19-22-7-3-2-4-8-22/h2-14,23,32H,15-20H2,1H3. The Bertz CT molecular complexity index is 1650. The molecule has 0 bridgehead atoms. The van der Waals surface area contributed by atoms with Crippen LogP contribution in [-0.4, -0.2) is 44.2 Å². The fourth-order valence-electron chi connectivity index (χ4n) is 5.31. The lowest BCUT2D eigenvalue weighted by atomic mass is 9.90. The van der Waals surface area contributed by atoms with Crippen LogP contribution in [0.15, 0.2) is 88.8 Å². The van der Waals surface area contributed by atoms with Crippen molar-refractivity contribution in [3.8, 4) is 5.69 Å². The highest BCUT2D eigenvalue weighted by Crippen LogP contribution is 2.27. The lowest BCUT2D eigenvalue weighted by Crippen LogP contribution is -2.40. The van der Waals surface area contributed by atoms with E-state index < -0.39 is 0 Å². The topological polar surface area (TPSA) is 71.0 Å². The number of carbonyl (C=O) groups is 1. The summed E-state index contributed by atoms with van der Waals surface area (Å²) in [6.45, 7) is 3.57. The molecule has 2 aromatic heterocycles. The predicted molar refractivity (Wildman–Crippen MR) is 154 cm³/mol. The third-order valence-corrected chi connectivity index (χ3v) is 8.37. The van der Waals surface area contributed by atoms with E-state index in [2.05, 4.69) is 29.2 Å². The first kappa shape index (κ1) is 24.5. The molecule has 1 aliphatic heterocycles. The van der Waals surface area contributed by atoms with E-state index in [1.54, 1.807) is 4.57 Å². The maximum atomic E-state index is 13.7. The third-order valence-electron chi connectivity index (χ3n) is 7.45. The molecule has 1 fully saturated rings. The van der Waals surface area contributed by atoms with Crippen LogP contribution in [0.1, 0.15) is 24.0 Å². The number of benzene rings is 3. The Hall–Kier alpha value is -3.84. The number of aryl methyl sites for hydroxylation is 1. The van der Waals surface area contributed by atoms with Crippen molar-refractivity contribution in [2.24, 2.45) is 5.92 Å². The second-order valence-electron chi connectivity index (χ2n) is 10.1. The molecule has 0 saturated carbocycles. The molecular formula is C31H30N4O2S. The molecule has 1 amide bonds. The molecule has 6 rings (SSSR count). The van der Waals surface area contributed by atoms with Crippen molar-refractivity contribution < 1.29 is 4.79 Å². The number of thioether (sulfide) groups is 1. The quantitative estimate of drug-likeness (QED) is 0.228. The number of rotatable bonds is 6. The average Bonchev–Trinajstić information content (AvgIpc) is 3.32. The zero-order valence-electron chi connectivity index (χ0n) is 21.4. The van der Waals surface area contributed by atoms with Crippen LogP contribution in [0, 0.1) is 12.8 Å². The summed E-state index contributed by atoms with van der Waals surface area (Å²) in [5, 5.41) is 1.44. The average molecular weight is 523 g/mol. The number of nitrogens with zero attached hydrogens (tertiary/aromatic N) is 3. The summed E-state index contributed by atoms with van der Waals surface area (Å²) in [5.74, 6) is 0.943. The fourth-order valence-corrected chi connectivity index (χ4v) is 6.22. The van der Waals surface area contributed by atoms with Crippen LogP contribution in [0.3, 0.4) is 0 Å². The van der Waals surface area contributed by atoms with E-state index in [1.165, 1.54) is 17.3 Å². The fraction of sp³-hybridized carbons (Fsp3) is 0.258. The number of fused-ring (bicyclic) bond motifs is 3. The second kappa shape index (κ2) is 10.5. The van der Waals surface area contributed by atoms with Crippen molar-refractivity contribution >= 4 is 39.6 Å². The number of aromatic amines is 1. The Labute approximate surface area is 225 Å². The first-order valence-electron chi connectivity index (χ1n) is 13.1.